The molecule has 0 saturated heterocycles. The van der Waals surface area contributed by atoms with E-state index in [1.165, 1.54) is 62.7 Å². The molecule has 0 spiro atoms. The van der Waals surface area contributed by atoms with E-state index in [0.29, 0.717) is 23.8 Å². The van der Waals surface area contributed by atoms with Crippen LogP contribution in [0.1, 0.15) is 81.6 Å². The Morgan fingerprint density at radius 3 is 2.23 bits per heavy atom. The highest BCUT2D eigenvalue weighted by molar-refractivity contribution is 7.91. The number of hydrogen-bond donors (Lipinski definition) is 2. The molecule has 0 bridgehead atoms. The fraction of sp³-hybridized carbons (Fsp3) is 0.583. The summed E-state index contributed by atoms with van der Waals surface area (Å²) in [5.41, 5.74) is 1.11. The van der Waals surface area contributed by atoms with Crippen molar-refractivity contribution in [2.75, 3.05) is 6.54 Å². The molecule has 0 aliphatic heterocycles. The quantitative estimate of drug-likeness (QED) is 0.240. The van der Waals surface area contributed by atoms with Crippen molar-refractivity contribution in [1.82, 2.24) is 10.0 Å². The minimum absolute atomic E-state index is 0.388. The lowest BCUT2D eigenvalue weighted by molar-refractivity contribution is 0.549. The van der Waals surface area contributed by atoms with Crippen LogP contribution in [0, 0.1) is 0 Å². The Hall–Kier alpha value is -0.920. The molecule has 0 radical (unpaired) electrons. The normalized spacial score (nSPS) is 11.8. The maximum absolute atomic E-state index is 12.5. The van der Waals surface area contributed by atoms with Gasteiger partial charge in [0.15, 0.2) is 0 Å². The first kappa shape index (κ1) is 26.3. The molecule has 1 aromatic carbocycles. The highest BCUT2D eigenvalue weighted by Crippen LogP contribution is 2.21. The number of unbranched alkanes of at least 4 members (excludes halogenated alkanes) is 9. The summed E-state index contributed by atoms with van der Waals surface area (Å²) in [6.07, 6.45) is 12.4. The standard InChI is InChI=1S/C24H37ClN2O2S2/c1-2-3-4-5-6-7-8-9-10-11-17-27-31(28,29)24-16-15-23(30-24)20-26-19-21-13-12-14-22(25)18-21/h12-16,18,26-27H,2-11,17,19-20H2,1H3. The molecule has 0 atom stereocenters. The van der Waals surface area contributed by atoms with E-state index in [9.17, 15) is 8.42 Å². The molecule has 7 heteroatoms. The maximum Gasteiger partial charge on any atom is 0.250 e. The number of hydrogen-bond acceptors (Lipinski definition) is 4. The summed E-state index contributed by atoms with van der Waals surface area (Å²) in [6, 6.07) is 11.3. The second-order valence-corrected chi connectivity index (χ2v) is 11.6. The van der Waals surface area contributed by atoms with Crippen molar-refractivity contribution in [3.8, 4) is 0 Å². The van der Waals surface area contributed by atoms with Gasteiger partial charge in [0, 0.05) is 29.5 Å². The Balaban J connectivity index is 1.59. The molecule has 2 rings (SSSR count). The lowest BCUT2D eigenvalue weighted by atomic mass is 10.1. The van der Waals surface area contributed by atoms with Gasteiger partial charge in [-0.2, -0.15) is 0 Å². The van der Waals surface area contributed by atoms with E-state index in [1.54, 1.807) is 6.07 Å². The van der Waals surface area contributed by atoms with Crippen molar-refractivity contribution >= 4 is 33.0 Å². The fourth-order valence-corrected chi connectivity index (χ4v) is 6.12. The number of nitrogens with one attached hydrogen (secondary N) is 2. The average molecular weight is 485 g/mol. The lowest BCUT2D eigenvalue weighted by Gasteiger charge is -2.05. The van der Waals surface area contributed by atoms with Crippen molar-refractivity contribution < 1.29 is 8.42 Å². The molecule has 31 heavy (non-hydrogen) atoms. The van der Waals surface area contributed by atoms with Crippen LogP contribution < -0.4 is 10.0 Å². The largest absolute Gasteiger partial charge is 0.308 e. The molecular weight excluding hydrogens is 448 g/mol. The summed E-state index contributed by atoms with van der Waals surface area (Å²) in [7, 11) is -3.41. The fourth-order valence-electron chi connectivity index (χ4n) is 3.46. The molecule has 174 valence electrons. The molecule has 0 aliphatic carbocycles. The van der Waals surface area contributed by atoms with E-state index in [-0.39, 0.29) is 0 Å². The smallest absolute Gasteiger partial charge is 0.250 e. The molecular formula is C24H37ClN2O2S2. The zero-order chi connectivity index (χ0) is 22.4. The Morgan fingerprint density at radius 2 is 1.55 bits per heavy atom. The number of rotatable bonds is 17. The summed E-state index contributed by atoms with van der Waals surface area (Å²) in [6.45, 7) is 4.08. The monoisotopic (exact) mass is 484 g/mol. The number of benzene rings is 1. The molecule has 0 saturated carbocycles. The van der Waals surface area contributed by atoms with Crippen molar-refractivity contribution in [2.24, 2.45) is 0 Å². The van der Waals surface area contributed by atoms with Gasteiger partial charge >= 0.3 is 0 Å². The summed E-state index contributed by atoms with van der Waals surface area (Å²) in [5.74, 6) is 0. The van der Waals surface area contributed by atoms with Crippen LogP contribution in [-0.2, 0) is 23.1 Å². The van der Waals surface area contributed by atoms with Gasteiger partial charge in [-0.05, 0) is 36.2 Å². The zero-order valence-electron chi connectivity index (χ0n) is 18.7. The summed E-state index contributed by atoms with van der Waals surface area (Å²) in [4.78, 5) is 1.00. The van der Waals surface area contributed by atoms with E-state index in [4.69, 9.17) is 11.6 Å². The van der Waals surface area contributed by atoms with E-state index >= 15 is 0 Å². The minimum atomic E-state index is -3.41. The van der Waals surface area contributed by atoms with Crippen molar-refractivity contribution in [2.45, 2.75) is 88.4 Å². The molecule has 2 aromatic rings. The molecule has 1 aromatic heterocycles. The van der Waals surface area contributed by atoms with Crippen LogP contribution in [0.4, 0.5) is 0 Å². The Morgan fingerprint density at radius 1 is 0.871 bits per heavy atom. The molecule has 4 nitrogen and oxygen atoms in total. The number of sulfonamides is 1. The molecule has 0 amide bonds. The molecule has 1 heterocycles. The van der Waals surface area contributed by atoms with Gasteiger partial charge in [0.05, 0.1) is 0 Å². The maximum atomic E-state index is 12.5. The van der Waals surface area contributed by atoms with Crippen molar-refractivity contribution in [1.29, 1.82) is 0 Å². The Kier molecular flexibility index (Phi) is 12.8. The van der Waals surface area contributed by atoms with Gasteiger partial charge in [-0.1, -0.05) is 88.4 Å². The van der Waals surface area contributed by atoms with Crippen molar-refractivity contribution in [3.63, 3.8) is 0 Å². The minimum Gasteiger partial charge on any atom is -0.308 e. The first-order valence-electron chi connectivity index (χ1n) is 11.5. The van der Waals surface area contributed by atoms with Gasteiger partial charge in [-0.25, -0.2) is 13.1 Å². The molecule has 0 unspecified atom stereocenters. The van der Waals surface area contributed by atoms with Crippen LogP contribution in [0.3, 0.4) is 0 Å². The van der Waals surface area contributed by atoms with E-state index < -0.39 is 10.0 Å². The van der Waals surface area contributed by atoms with Crippen LogP contribution in [0.15, 0.2) is 40.6 Å². The summed E-state index contributed by atoms with van der Waals surface area (Å²) in [5, 5.41) is 4.06. The third kappa shape index (κ3) is 11.0. The van der Waals surface area contributed by atoms with Gasteiger partial charge in [0.1, 0.15) is 4.21 Å². The second-order valence-electron chi connectivity index (χ2n) is 8.03. The first-order valence-corrected chi connectivity index (χ1v) is 14.2. The average Bonchev–Trinajstić information content (AvgIpc) is 3.22. The van der Waals surface area contributed by atoms with Crippen molar-refractivity contribution in [3.05, 3.63) is 51.9 Å². The predicted octanol–water partition coefficient (Wildman–Crippen LogP) is 6.89. The van der Waals surface area contributed by atoms with Crippen LogP contribution in [-0.4, -0.2) is 15.0 Å². The summed E-state index contributed by atoms with van der Waals surface area (Å²) >= 11 is 7.32. The van der Waals surface area contributed by atoms with Gasteiger partial charge < -0.3 is 5.32 Å². The zero-order valence-corrected chi connectivity index (χ0v) is 21.1. The highest BCUT2D eigenvalue weighted by atomic mass is 35.5. The van der Waals surface area contributed by atoms with Gasteiger partial charge in [-0.15, -0.1) is 11.3 Å². The van der Waals surface area contributed by atoms with Gasteiger partial charge in [0.25, 0.3) is 0 Å². The predicted molar refractivity (Wildman–Crippen MR) is 133 cm³/mol. The highest BCUT2D eigenvalue weighted by Gasteiger charge is 2.16. The second kappa shape index (κ2) is 15.0. The van der Waals surface area contributed by atoms with E-state index in [2.05, 4.69) is 17.0 Å². The van der Waals surface area contributed by atoms with Gasteiger partial charge in [-0.3, -0.25) is 0 Å². The SMILES string of the molecule is CCCCCCCCCCCCNS(=O)(=O)c1ccc(CNCc2cccc(Cl)c2)s1. The first-order chi connectivity index (χ1) is 15.0. The Labute approximate surface area is 197 Å². The summed E-state index contributed by atoms with van der Waals surface area (Å²) < 4.78 is 28.1. The molecule has 0 fully saturated rings. The third-order valence-corrected chi connectivity index (χ3v) is 8.51. The Bertz CT molecular complexity index is 853. The molecule has 2 N–H and O–H groups in total. The van der Waals surface area contributed by atoms with E-state index in [1.807, 2.05) is 30.3 Å². The van der Waals surface area contributed by atoms with Gasteiger partial charge in [0.2, 0.25) is 10.0 Å². The third-order valence-electron chi connectivity index (χ3n) is 5.24. The van der Waals surface area contributed by atoms with Crippen LogP contribution >= 0.6 is 22.9 Å². The lowest BCUT2D eigenvalue weighted by Crippen LogP contribution is -2.23. The van der Waals surface area contributed by atoms with Crippen LogP contribution in [0.2, 0.25) is 5.02 Å². The number of halogens is 1. The molecule has 0 aliphatic rings. The van der Waals surface area contributed by atoms with Crippen LogP contribution in [0.5, 0.6) is 0 Å². The topological polar surface area (TPSA) is 58.2 Å². The van der Waals surface area contributed by atoms with E-state index in [0.717, 1.165) is 28.3 Å². The van der Waals surface area contributed by atoms with Crippen LogP contribution in [0.25, 0.3) is 0 Å². The number of thiophene rings is 1.